The third kappa shape index (κ3) is 2.85. The van der Waals surface area contributed by atoms with Gasteiger partial charge in [-0.1, -0.05) is 5.16 Å². The lowest BCUT2D eigenvalue weighted by Crippen LogP contribution is -2.46. The van der Waals surface area contributed by atoms with Gasteiger partial charge in [0, 0.05) is 18.8 Å². The zero-order valence-corrected chi connectivity index (χ0v) is 12.4. The highest BCUT2D eigenvalue weighted by Crippen LogP contribution is 2.27. The molecule has 0 bridgehead atoms. The molecule has 1 aliphatic rings. The smallest absolute Gasteiger partial charge is 0.174 e. The van der Waals surface area contributed by atoms with E-state index in [0.717, 1.165) is 30.2 Å². The molecular weight excluding hydrogens is 256 g/mol. The molecular formula is C14H22N4O2. The second kappa shape index (κ2) is 5.66. The van der Waals surface area contributed by atoms with E-state index >= 15 is 0 Å². The quantitative estimate of drug-likeness (QED) is 0.370. The standard InChI is InChI=1S/C14H22N4O2/c1-8-5-12(13(11(4)16-8)14(15)17-19)18-6-9(2)20-10(3)7-18/h5,9-10,19H,6-7H2,1-4H3,(H2,15,17). The van der Waals surface area contributed by atoms with Gasteiger partial charge in [-0.2, -0.15) is 0 Å². The van der Waals surface area contributed by atoms with E-state index in [1.165, 1.54) is 0 Å². The highest BCUT2D eigenvalue weighted by Gasteiger charge is 2.26. The number of hydrogen-bond donors (Lipinski definition) is 2. The number of rotatable bonds is 2. The van der Waals surface area contributed by atoms with Crippen LogP contribution in [0, 0.1) is 13.8 Å². The molecule has 0 aromatic carbocycles. The van der Waals surface area contributed by atoms with E-state index in [9.17, 15) is 0 Å². The van der Waals surface area contributed by atoms with Crippen LogP contribution in [-0.2, 0) is 4.74 Å². The minimum absolute atomic E-state index is 0.0943. The Hall–Kier alpha value is -1.82. The van der Waals surface area contributed by atoms with Gasteiger partial charge in [0.2, 0.25) is 0 Å². The fourth-order valence-electron chi connectivity index (χ4n) is 2.80. The van der Waals surface area contributed by atoms with Gasteiger partial charge in [-0.3, -0.25) is 4.98 Å². The molecule has 1 aliphatic heterocycles. The zero-order chi connectivity index (χ0) is 14.9. The number of morpholine rings is 1. The maximum absolute atomic E-state index is 9.00. The van der Waals surface area contributed by atoms with Crippen LogP contribution in [0.3, 0.4) is 0 Å². The second-order valence-electron chi connectivity index (χ2n) is 5.39. The fraction of sp³-hybridized carbons (Fsp3) is 0.571. The molecule has 2 rings (SSSR count). The van der Waals surface area contributed by atoms with Crippen LogP contribution >= 0.6 is 0 Å². The summed E-state index contributed by atoms with van der Waals surface area (Å²) in [6.07, 6.45) is 0.292. The number of nitrogens with zero attached hydrogens (tertiary/aromatic N) is 3. The topological polar surface area (TPSA) is 84.0 Å². The highest BCUT2D eigenvalue weighted by molar-refractivity contribution is 6.03. The molecule has 1 fully saturated rings. The van der Waals surface area contributed by atoms with Crippen LogP contribution in [0.2, 0.25) is 0 Å². The van der Waals surface area contributed by atoms with Crippen LogP contribution in [0.1, 0.15) is 30.8 Å². The number of pyridine rings is 1. The van der Waals surface area contributed by atoms with Gasteiger partial charge in [0.15, 0.2) is 5.84 Å². The number of ether oxygens (including phenoxy) is 1. The predicted molar refractivity (Wildman–Crippen MR) is 78.4 cm³/mol. The largest absolute Gasteiger partial charge is 0.409 e. The van der Waals surface area contributed by atoms with Crippen molar-refractivity contribution in [1.29, 1.82) is 0 Å². The SMILES string of the molecule is Cc1cc(N2CC(C)OC(C)C2)c(/C(N)=N/O)c(C)n1. The summed E-state index contributed by atoms with van der Waals surface area (Å²) >= 11 is 0. The minimum atomic E-state index is 0.0943. The molecule has 6 nitrogen and oxygen atoms in total. The summed E-state index contributed by atoms with van der Waals surface area (Å²) in [5, 5.41) is 12.1. The molecule has 0 spiro atoms. The number of aromatic nitrogens is 1. The minimum Gasteiger partial charge on any atom is -0.409 e. The lowest BCUT2D eigenvalue weighted by Gasteiger charge is -2.38. The van der Waals surface area contributed by atoms with E-state index in [2.05, 4.69) is 15.0 Å². The number of anilines is 1. The van der Waals surface area contributed by atoms with Crippen molar-refractivity contribution < 1.29 is 9.94 Å². The molecule has 0 aliphatic carbocycles. The molecule has 2 atom stereocenters. The summed E-state index contributed by atoms with van der Waals surface area (Å²) in [4.78, 5) is 6.62. The summed E-state index contributed by atoms with van der Waals surface area (Å²) in [5.41, 5.74) is 9.15. The maximum Gasteiger partial charge on any atom is 0.174 e. The average Bonchev–Trinajstić information content (AvgIpc) is 2.35. The molecule has 3 N–H and O–H groups in total. The Morgan fingerprint density at radius 3 is 2.55 bits per heavy atom. The van der Waals surface area contributed by atoms with Crippen molar-refractivity contribution in [1.82, 2.24) is 4.98 Å². The first kappa shape index (κ1) is 14.6. The Kier molecular flexibility index (Phi) is 4.13. The lowest BCUT2D eigenvalue weighted by atomic mass is 10.1. The number of hydrogen-bond acceptors (Lipinski definition) is 5. The molecule has 0 saturated carbocycles. The van der Waals surface area contributed by atoms with Crippen molar-refractivity contribution in [2.45, 2.75) is 39.9 Å². The molecule has 2 heterocycles. The van der Waals surface area contributed by atoms with Crippen molar-refractivity contribution in [3.63, 3.8) is 0 Å². The first-order chi connectivity index (χ1) is 9.42. The summed E-state index contributed by atoms with van der Waals surface area (Å²) in [6.45, 7) is 9.47. The third-order valence-corrected chi connectivity index (χ3v) is 3.43. The summed E-state index contributed by atoms with van der Waals surface area (Å²) in [6, 6.07) is 1.98. The molecule has 110 valence electrons. The number of oxime groups is 1. The molecule has 1 saturated heterocycles. The van der Waals surface area contributed by atoms with Crippen LogP contribution in [0.4, 0.5) is 5.69 Å². The Labute approximate surface area is 119 Å². The molecule has 0 radical (unpaired) electrons. The van der Waals surface area contributed by atoms with Gasteiger partial charge in [-0.05, 0) is 33.8 Å². The molecule has 0 amide bonds. The van der Waals surface area contributed by atoms with Crippen LogP contribution in [0.15, 0.2) is 11.2 Å². The Morgan fingerprint density at radius 2 is 2.00 bits per heavy atom. The first-order valence-electron chi connectivity index (χ1n) is 6.79. The van der Waals surface area contributed by atoms with E-state index < -0.39 is 0 Å². The van der Waals surface area contributed by atoms with E-state index in [-0.39, 0.29) is 18.0 Å². The van der Waals surface area contributed by atoms with Crippen LogP contribution in [0.25, 0.3) is 0 Å². The molecule has 1 aromatic rings. The van der Waals surface area contributed by atoms with Crippen LogP contribution in [0.5, 0.6) is 0 Å². The van der Waals surface area contributed by atoms with Gasteiger partial charge in [0.1, 0.15) is 0 Å². The fourth-order valence-corrected chi connectivity index (χ4v) is 2.80. The maximum atomic E-state index is 9.00. The predicted octanol–water partition coefficient (Wildman–Crippen LogP) is 1.41. The average molecular weight is 278 g/mol. The zero-order valence-electron chi connectivity index (χ0n) is 12.4. The van der Waals surface area contributed by atoms with Crippen LogP contribution in [-0.4, -0.2) is 41.3 Å². The second-order valence-corrected chi connectivity index (χ2v) is 5.39. The van der Waals surface area contributed by atoms with Crippen molar-refractivity contribution in [3.05, 3.63) is 23.0 Å². The Bertz CT molecular complexity index is 520. The monoisotopic (exact) mass is 278 g/mol. The van der Waals surface area contributed by atoms with Crippen LogP contribution < -0.4 is 10.6 Å². The van der Waals surface area contributed by atoms with Crippen molar-refractivity contribution >= 4 is 11.5 Å². The first-order valence-corrected chi connectivity index (χ1v) is 6.79. The Balaban J connectivity index is 2.49. The molecule has 2 unspecified atom stereocenters. The summed E-state index contributed by atoms with van der Waals surface area (Å²) in [7, 11) is 0. The molecule has 1 aromatic heterocycles. The van der Waals surface area contributed by atoms with Gasteiger partial charge in [-0.15, -0.1) is 0 Å². The van der Waals surface area contributed by atoms with E-state index in [1.807, 2.05) is 33.8 Å². The van der Waals surface area contributed by atoms with Gasteiger partial charge in [-0.25, -0.2) is 0 Å². The number of nitrogens with two attached hydrogens (primary N) is 1. The van der Waals surface area contributed by atoms with Gasteiger partial charge < -0.3 is 20.6 Å². The van der Waals surface area contributed by atoms with Gasteiger partial charge in [0.25, 0.3) is 0 Å². The summed E-state index contributed by atoms with van der Waals surface area (Å²) in [5.74, 6) is 0.0943. The van der Waals surface area contributed by atoms with Crippen molar-refractivity contribution in [2.75, 3.05) is 18.0 Å². The molecule has 20 heavy (non-hydrogen) atoms. The van der Waals surface area contributed by atoms with E-state index in [1.54, 1.807) is 0 Å². The van der Waals surface area contributed by atoms with Gasteiger partial charge >= 0.3 is 0 Å². The third-order valence-electron chi connectivity index (χ3n) is 3.43. The number of amidine groups is 1. The van der Waals surface area contributed by atoms with Crippen molar-refractivity contribution in [2.24, 2.45) is 10.9 Å². The molecule has 6 heteroatoms. The highest BCUT2D eigenvalue weighted by atomic mass is 16.5. The van der Waals surface area contributed by atoms with Gasteiger partial charge in [0.05, 0.1) is 29.2 Å². The van der Waals surface area contributed by atoms with E-state index in [4.69, 9.17) is 15.7 Å². The lowest BCUT2D eigenvalue weighted by molar-refractivity contribution is -0.00523. The Morgan fingerprint density at radius 1 is 1.40 bits per heavy atom. The van der Waals surface area contributed by atoms with Crippen molar-refractivity contribution in [3.8, 4) is 0 Å². The van der Waals surface area contributed by atoms with E-state index in [0.29, 0.717) is 5.56 Å². The normalized spacial score (nSPS) is 24.0. The summed E-state index contributed by atoms with van der Waals surface area (Å²) < 4.78 is 5.76. The number of aryl methyl sites for hydroxylation is 2.